The zero-order chi connectivity index (χ0) is 13.9. The molecule has 1 aromatic carbocycles. The van der Waals surface area contributed by atoms with Gasteiger partial charge in [-0.05, 0) is 43.5 Å². The smallest absolute Gasteiger partial charge is 0.222 e. The molecule has 0 bridgehead atoms. The summed E-state index contributed by atoms with van der Waals surface area (Å²) in [5, 5.41) is 0. The summed E-state index contributed by atoms with van der Waals surface area (Å²) in [7, 11) is 1.84. The number of carbonyl (C=O) groups excluding carboxylic acids is 1. The van der Waals surface area contributed by atoms with Gasteiger partial charge < -0.3 is 10.6 Å². The Bertz CT molecular complexity index is 440. The maximum absolute atomic E-state index is 12.8. The van der Waals surface area contributed by atoms with E-state index in [-0.39, 0.29) is 17.1 Å². The van der Waals surface area contributed by atoms with E-state index in [9.17, 15) is 9.18 Å². The van der Waals surface area contributed by atoms with Crippen LogP contribution in [0.3, 0.4) is 0 Å². The first-order valence-corrected chi connectivity index (χ1v) is 6.73. The van der Waals surface area contributed by atoms with Crippen LogP contribution in [0, 0.1) is 11.2 Å². The predicted molar refractivity (Wildman–Crippen MR) is 73.1 cm³/mol. The minimum atomic E-state index is -0.245. The Kier molecular flexibility index (Phi) is 4.20. The van der Waals surface area contributed by atoms with Crippen LogP contribution in [-0.2, 0) is 11.2 Å². The van der Waals surface area contributed by atoms with Crippen LogP contribution in [0.15, 0.2) is 24.3 Å². The number of benzene rings is 1. The van der Waals surface area contributed by atoms with Crippen molar-refractivity contribution in [3.63, 3.8) is 0 Å². The summed E-state index contributed by atoms with van der Waals surface area (Å²) < 4.78 is 12.8. The molecule has 2 rings (SSSR count). The van der Waals surface area contributed by atoms with E-state index in [1.807, 2.05) is 7.05 Å². The fraction of sp³-hybridized carbons (Fsp3) is 0.533. The summed E-state index contributed by atoms with van der Waals surface area (Å²) in [5.41, 5.74) is 6.89. The van der Waals surface area contributed by atoms with Crippen molar-refractivity contribution in [1.29, 1.82) is 0 Å². The van der Waals surface area contributed by atoms with Gasteiger partial charge in [0.15, 0.2) is 0 Å². The van der Waals surface area contributed by atoms with Gasteiger partial charge in [-0.2, -0.15) is 0 Å². The molecule has 1 aliphatic carbocycles. The summed E-state index contributed by atoms with van der Waals surface area (Å²) in [6.45, 7) is 1.41. The molecule has 2 N–H and O–H groups in total. The number of nitrogens with zero attached hydrogens (tertiary/aromatic N) is 1. The molecule has 0 radical (unpaired) electrons. The van der Waals surface area contributed by atoms with Crippen molar-refractivity contribution in [3.8, 4) is 0 Å². The van der Waals surface area contributed by atoms with Gasteiger partial charge in [0.25, 0.3) is 0 Å². The van der Waals surface area contributed by atoms with Gasteiger partial charge in [0.1, 0.15) is 5.82 Å². The molecule has 0 atom stereocenters. The zero-order valence-corrected chi connectivity index (χ0v) is 11.4. The molecular weight excluding hydrogens is 243 g/mol. The topological polar surface area (TPSA) is 46.3 Å². The Labute approximate surface area is 113 Å². The average Bonchev–Trinajstić information content (AvgIpc) is 3.18. The first kappa shape index (κ1) is 14.0. The quantitative estimate of drug-likeness (QED) is 0.853. The van der Waals surface area contributed by atoms with E-state index in [1.54, 1.807) is 17.0 Å². The fourth-order valence-electron chi connectivity index (χ4n) is 2.29. The van der Waals surface area contributed by atoms with Gasteiger partial charge in [0, 0.05) is 25.4 Å². The van der Waals surface area contributed by atoms with Crippen molar-refractivity contribution in [2.24, 2.45) is 11.1 Å². The van der Waals surface area contributed by atoms with Crippen LogP contribution in [0.1, 0.15) is 24.8 Å². The number of hydrogen-bond acceptors (Lipinski definition) is 2. The van der Waals surface area contributed by atoms with Crippen molar-refractivity contribution in [2.75, 3.05) is 20.1 Å². The summed E-state index contributed by atoms with van der Waals surface area (Å²) in [6.07, 6.45) is 3.36. The molecule has 0 unspecified atom stereocenters. The number of aryl methyl sites for hydroxylation is 1. The second kappa shape index (κ2) is 5.70. The maximum Gasteiger partial charge on any atom is 0.222 e. The minimum Gasteiger partial charge on any atom is -0.345 e. The zero-order valence-electron chi connectivity index (χ0n) is 11.4. The van der Waals surface area contributed by atoms with Gasteiger partial charge in [-0.25, -0.2) is 4.39 Å². The predicted octanol–water partition coefficient (Wildman–Crippen LogP) is 1.96. The largest absolute Gasteiger partial charge is 0.345 e. The fourth-order valence-corrected chi connectivity index (χ4v) is 2.29. The highest BCUT2D eigenvalue weighted by Crippen LogP contribution is 2.44. The van der Waals surface area contributed by atoms with Crippen LogP contribution in [-0.4, -0.2) is 30.9 Å². The molecule has 0 aromatic heterocycles. The van der Waals surface area contributed by atoms with Gasteiger partial charge in [-0.1, -0.05) is 12.1 Å². The van der Waals surface area contributed by atoms with E-state index >= 15 is 0 Å². The summed E-state index contributed by atoms with van der Waals surface area (Å²) >= 11 is 0. The monoisotopic (exact) mass is 264 g/mol. The molecule has 0 spiro atoms. The minimum absolute atomic E-state index is 0.129. The summed E-state index contributed by atoms with van der Waals surface area (Å²) in [4.78, 5) is 13.8. The first-order chi connectivity index (χ1) is 9.04. The number of rotatable bonds is 6. The molecule has 0 saturated heterocycles. The standard InChI is InChI=1S/C15H21FN2O/c1-18(11-15(10-17)8-9-15)14(19)7-4-12-2-5-13(16)6-3-12/h2-3,5-6H,4,7-11,17H2,1H3. The Morgan fingerprint density at radius 3 is 2.53 bits per heavy atom. The molecule has 1 fully saturated rings. The van der Waals surface area contributed by atoms with Crippen molar-refractivity contribution < 1.29 is 9.18 Å². The molecule has 0 heterocycles. The highest BCUT2D eigenvalue weighted by molar-refractivity contribution is 5.76. The van der Waals surface area contributed by atoms with Crippen molar-refractivity contribution >= 4 is 5.91 Å². The van der Waals surface area contributed by atoms with E-state index in [0.29, 0.717) is 19.4 Å². The molecule has 19 heavy (non-hydrogen) atoms. The van der Waals surface area contributed by atoms with Crippen LogP contribution in [0.25, 0.3) is 0 Å². The van der Waals surface area contributed by atoms with Crippen molar-refractivity contribution in [2.45, 2.75) is 25.7 Å². The van der Waals surface area contributed by atoms with Crippen molar-refractivity contribution in [3.05, 3.63) is 35.6 Å². The lowest BCUT2D eigenvalue weighted by Gasteiger charge is -2.22. The van der Waals surface area contributed by atoms with Gasteiger partial charge >= 0.3 is 0 Å². The molecule has 1 aliphatic rings. The van der Waals surface area contributed by atoms with Crippen LogP contribution in [0.5, 0.6) is 0 Å². The molecule has 3 nitrogen and oxygen atoms in total. The number of nitrogens with two attached hydrogens (primary N) is 1. The Hall–Kier alpha value is -1.42. The molecule has 1 amide bonds. The molecular formula is C15H21FN2O. The second-order valence-corrected chi connectivity index (χ2v) is 5.58. The van der Waals surface area contributed by atoms with Gasteiger partial charge in [-0.15, -0.1) is 0 Å². The normalized spacial score (nSPS) is 16.2. The third-order valence-corrected chi connectivity index (χ3v) is 3.93. The lowest BCUT2D eigenvalue weighted by molar-refractivity contribution is -0.130. The van der Waals surface area contributed by atoms with E-state index < -0.39 is 0 Å². The Morgan fingerprint density at radius 1 is 1.37 bits per heavy atom. The third kappa shape index (κ3) is 3.77. The lowest BCUT2D eigenvalue weighted by Crippen LogP contribution is -2.35. The van der Waals surface area contributed by atoms with E-state index in [1.165, 1.54) is 12.1 Å². The van der Waals surface area contributed by atoms with E-state index in [2.05, 4.69) is 0 Å². The number of amides is 1. The maximum atomic E-state index is 12.8. The van der Waals surface area contributed by atoms with Gasteiger partial charge in [0.2, 0.25) is 5.91 Å². The molecule has 0 aliphatic heterocycles. The third-order valence-electron chi connectivity index (χ3n) is 3.93. The van der Waals surface area contributed by atoms with E-state index in [4.69, 9.17) is 5.73 Å². The van der Waals surface area contributed by atoms with Crippen LogP contribution in [0.2, 0.25) is 0 Å². The van der Waals surface area contributed by atoms with E-state index in [0.717, 1.165) is 24.9 Å². The number of halogens is 1. The SMILES string of the molecule is CN(CC1(CN)CC1)C(=O)CCc1ccc(F)cc1. The second-order valence-electron chi connectivity index (χ2n) is 5.58. The number of carbonyl (C=O) groups is 1. The molecule has 1 aromatic rings. The Balaban J connectivity index is 1.79. The molecule has 104 valence electrons. The first-order valence-electron chi connectivity index (χ1n) is 6.73. The van der Waals surface area contributed by atoms with Crippen LogP contribution in [0.4, 0.5) is 4.39 Å². The van der Waals surface area contributed by atoms with Crippen LogP contribution < -0.4 is 5.73 Å². The van der Waals surface area contributed by atoms with Gasteiger partial charge in [0.05, 0.1) is 0 Å². The van der Waals surface area contributed by atoms with Crippen molar-refractivity contribution in [1.82, 2.24) is 4.90 Å². The van der Waals surface area contributed by atoms with Gasteiger partial charge in [-0.3, -0.25) is 4.79 Å². The summed E-state index contributed by atoms with van der Waals surface area (Å²) in [5.74, 6) is -0.116. The average molecular weight is 264 g/mol. The molecule has 1 saturated carbocycles. The number of hydrogen-bond donors (Lipinski definition) is 1. The Morgan fingerprint density at radius 2 is 2.00 bits per heavy atom. The van der Waals surface area contributed by atoms with Crippen LogP contribution >= 0.6 is 0 Å². The summed E-state index contributed by atoms with van der Waals surface area (Å²) in [6, 6.07) is 6.31. The highest BCUT2D eigenvalue weighted by Gasteiger charge is 2.42. The molecule has 4 heteroatoms. The lowest BCUT2D eigenvalue weighted by atomic mass is 10.1. The highest BCUT2D eigenvalue weighted by atomic mass is 19.1.